The molecule has 3 heterocycles. The Kier molecular flexibility index (Phi) is 7.19. The van der Waals surface area contributed by atoms with Crippen LogP contribution in [0.15, 0.2) is 30.3 Å². The second kappa shape index (κ2) is 10.2. The summed E-state index contributed by atoms with van der Waals surface area (Å²) in [7, 11) is 0. The molecule has 0 amide bonds. The van der Waals surface area contributed by atoms with Gasteiger partial charge < -0.3 is 25.2 Å². The van der Waals surface area contributed by atoms with Gasteiger partial charge in [0.2, 0.25) is 5.95 Å². The lowest BCUT2D eigenvalue weighted by atomic mass is 10.0. The molecular formula is C23H32N6OS. The zero-order chi connectivity index (χ0) is 21.6. The number of aryl methyl sites for hydroxylation is 1. The molecule has 8 heteroatoms. The molecule has 166 valence electrons. The van der Waals surface area contributed by atoms with Gasteiger partial charge in [-0.1, -0.05) is 29.8 Å². The fourth-order valence-corrected chi connectivity index (χ4v) is 4.22. The number of anilines is 3. The minimum Gasteiger partial charge on any atom is -0.378 e. The van der Waals surface area contributed by atoms with Gasteiger partial charge in [0.1, 0.15) is 11.6 Å². The van der Waals surface area contributed by atoms with Crippen LogP contribution in [0.4, 0.5) is 17.6 Å². The van der Waals surface area contributed by atoms with Crippen molar-refractivity contribution in [1.82, 2.24) is 15.3 Å². The van der Waals surface area contributed by atoms with E-state index in [1.807, 2.05) is 0 Å². The van der Waals surface area contributed by atoms with Gasteiger partial charge in [-0.3, -0.25) is 0 Å². The Morgan fingerprint density at radius 3 is 2.58 bits per heavy atom. The van der Waals surface area contributed by atoms with Gasteiger partial charge in [0.25, 0.3) is 0 Å². The number of rotatable bonds is 5. The van der Waals surface area contributed by atoms with Crippen molar-refractivity contribution in [2.75, 3.05) is 48.0 Å². The Bertz CT molecular complexity index is 884. The van der Waals surface area contributed by atoms with E-state index in [2.05, 4.69) is 64.6 Å². The Morgan fingerprint density at radius 1 is 1.10 bits per heavy atom. The van der Waals surface area contributed by atoms with E-state index in [0.29, 0.717) is 23.6 Å². The van der Waals surface area contributed by atoms with Crippen LogP contribution in [0.5, 0.6) is 0 Å². The average Bonchev–Trinajstić information content (AvgIpc) is 2.79. The largest absolute Gasteiger partial charge is 0.378 e. The van der Waals surface area contributed by atoms with Gasteiger partial charge in [0.05, 0.1) is 13.2 Å². The van der Waals surface area contributed by atoms with E-state index in [1.54, 1.807) is 0 Å². The lowest BCUT2D eigenvalue weighted by Crippen LogP contribution is -2.40. The molecule has 2 N–H and O–H groups in total. The molecule has 7 nitrogen and oxygen atoms in total. The molecule has 0 aliphatic carbocycles. The van der Waals surface area contributed by atoms with Crippen LogP contribution in [0, 0.1) is 6.92 Å². The molecule has 0 radical (unpaired) electrons. The summed E-state index contributed by atoms with van der Waals surface area (Å²) >= 11 is 5.53. The maximum absolute atomic E-state index is 5.53. The van der Waals surface area contributed by atoms with Crippen LogP contribution >= 0.6 is 12.2 Å². The van der Waals surface area contributed by atoms with Crippen molar-refractivity contribution < 1.29 is 4.74 Å². The number of piperidine rings is 1. The van der Waals surface area contributed by atoms with Crippen molar-refractivity contribution in [3.8, 4) is 0 Å². The Morgan fingerprint density at radius 2 is 1.84 bits per heavy atom. The number of hydrogen-bond acceptors (Lipinski definition) is 6. The molecular weight excluding hydrogens is 408 g/mol. The first kappa shape index (κ1) is 21.8. The summed E-state index contributed by atoms with van der Waals surface area (Å²) in [5.41, 5.74) is 2.43. The molecule has 2 aromatic rings. The maximum atomic E-state index is 5.53. The van der Waals surface area contributed by atoms with Gasteiger partial charge in [-0.25, -0.2) is 0 Å². The van der Waals surface area contributed by atoms with Crippen LogP contribution in [0.25, 0.3) is 0 Å². The zero-order valence-electron chi connectivity index (χ0n) is 18.4. The number of benzene rings is 1. The maximum Gasteiger partial charge on any atom is 0.232 e. The number of ether oxygens (including phenoxy) is 1. The van der Waals surface area contributed by atoms with Gasteiger partial charge in [-0.2, -0.15) is 9.97 Å². The third-order valence-corrected chi connectivity index (χ3v) is 6.18. The molecule has 0 saturated carbocycles. The van der Waals surface area contributed by atoms with Gasteiger partial charge in [-0.05, 0) is 50.9 Å². The summed E-state index contributed by atoms with van der Waals surface area (Å²) in [4.78, 5) is 14.3. The van der Waals surface area contributed by atoms with Crippen LogP contribution < -0.4 is 20.4 Å². The molecule has 0 spiro atoms. The lowest BCUT2D eigenvalue weighted by Gasteiger charge is -2.35. The number of nitrogens with one attached hydrogen (secondary N) is 2. The molecule has 4 rings (SSSR count). The molecule has 2 aliphatic heterocycles. The van der Waals surface area contributed by atoms with Crippen molar-refractivity contribution in [3.63, 3.8) is 0 Å². The molecule has 1 aromatic carbocycles. The van der Waals surface area contributed by atoms with Gasteiger partial charge >= 0.3 is 0 Å². The summed E-state index contributed by atoms with van der Waals surface area (Å²) in [6, 6.07) is 11.0. The van der Waals surface area contributed by atoms with E-state index in [0.717, 1.165) is 44.5 Å². The van der Waals surface area contributed by atoms with Crippen LogP contribution in [-0.4, -0.2) is 54.0 Å². The van der Waals surface area contributed by atoms with Crippen LogP contribution in [0.1, 0.15) is 37.3 Å². The molecule has 2 fully saturated rings. The summed E-state index contributed by atoms with van der Waals surface area (Å²) in [6.07, 6.45) is 3.66. The summed E-state index contributed by atoms with van der Waals surface area (Å²) in [6.45, 7) is 9.15. The van der Waals surface area contributed by atoms with Crippen molar-refractivity contribution in [2.24, 2.45) is 0 Å². The van der Waals surface area contributed by atoms with Crippen molar-refractivity contribution in [1.29, 1.82) is 0 Å². The highest BCUT2D eigenvalue weighted by Gasteiger charge is 2.23. The Hall–Kier alpha value is -2.45. The van der Waals surface area contributed by atoms with E-state index in [1.165, 1.54) is 30.4 Å². The summed E-state index contributed by atoms with van der Waals surface area (Å²) in [5, 5.41) is 7.00. The first-order valence-electron chi connectivity index (χ1n) is 11.2. The first-order valence-corrected chi connectivity index (χ1v) is 11.6. The van der Waals surface area contributed by atoms with Crippen LogP contribution in [0.2, 0.25) is 0 Å². The van der Waals surface area contributed by atoms with Crippen molar-refractivity contribution in [2.45, 2.75) is 45.7 Å². The van der Waals surface area contributed by atoms with Crippen molar-refractivity contribution in [3.05, 3.63) is 41.5 Å². The highest BCUT2D eigenvalue weighted by atomic mass is 32.1. The zero-order valence-corrected chi connectivity index (χ0v) is 19.2. The monoisotopic (exact) mass is 440 g/mol. The highest BCUT2D eigenvalue weighted by molar-refractivity contribution is 7.80. The molecule has 1 aromatic heterocycles. The standard InChI is InChI=1S/C23H32N6OS/c1-17-6-8-19(9-7-17)16-24-23(31)27-22-25-20(28-11-13-30-14-12-28)15-21(26-22)29-10-4-3-5-18(29)2/h6-9,15,18H,3-5,10-14,16H2,1-2H3,(H2,24,25,26,27,31)/t18-/m0/s1. The van der Waals surface area contributed by atoms with Crippen LogP contribution in [0.3, 0.4) is 0 Å². The van der Waals surface area contributed by atoms with E-state index in [4.69, 9.17) is 26.9 Å². The van der Waals surface area contributed by atoms with Crippen molar-refractivity contribution >= 4 is 34.9 Å². The molecule has 2 saturated heterocycles. The fourth-order valence-electron chi connectivity index (χ4n) is 4.05. The smallest absolute Gasteiger partial charge is 0.232 e. The third kappa shape index (κ3) is 5.83. The second-order valence-corrected chi connectivity index (χ2v) is 8.75. The number of hydrogen-bond donors (Lipinski definition) is 2. The van der Waals surface area contributed by atoms with E-state index < -0.39 is 0 Å². The molecule has 2 aliphatic rings. The van der Waals surface area contributed by atoms with Gasteiger partial charge in [-0.15, -0.1) is 0 Å². The lowest BCUT2D eigenvalue weighted by molar-refractivity contribution is 0.122. The Labute approximate surface area is 190 Å². The topological polar surface area (TPSA) is 65.6 Å². The SMILES string of the molecule is Cc1ccc(CNC(=S)Nc2nc(N3CCOCC3)cc(N3CCCC[C@@H]3C)n2)cc1. The minimum atomic E-state index is 0.473. The predicted molar refractivity (Wildman–Crippen MR) is 130 cm³/mol. The summed E-state index contributed by atoms with van der Waals surface area (Å²) < 4.78 is 5.52. The normalized spacial score (nSPS) is 19.2. The molecule has 0 unspecified atom stereocenters. The number of nitrogens with zero attached hydrogens (tertiary/aromatic N) is 4. The molecule has 1 atom stereocenters. The van der Waals surface area contributed by atoms with E-state index in [9.17, 15) is 0 Å². The minimum absolute atomic E-state index is 0.473. The fraction of sp³-hybridized carbons (Fsp3) is 0.522. The predicted octanol–water partition coefficient (Wildman–Crippen LogP) is 3.49. The average molecular weight is 441 g/mol. The number of thiocarbonyl (C=S) groups is 1. The third-order valence-electron chi connectivity index (χ3n) is 5.93. The highest BCUT2D eigenvalue weighted by Crippen LogP contribution is 2.27. The quantitative estimate of drug-likeness (QED) is 0.685. The number of morpholine rings is 1. The molecule has 0 bridgehead atoms. The van der Waals surface area contributed by atoms with Gasteiger partial charge in [0, 0.05) is 38.3 Å². The summed E-state index contributed by atoms with van der Waals surface area (Å²) in [5.74, 6) is 2.43. The van der Waals surface area contributed by atoms with E-state index >= 15 is 0 Å². The van der Waals surface area contributed by atoms with Gasteiger partial charge in [0.15, 0.2) is 5.11 Å². The molecule has 31 heavy (non-hydrogen) atoms. The van der Waals surface area contributed by atoms with Crippen LogP contribution in [-0.2, 0) is 11.3 Å². The number of aromatic nitrogens is 2. The van der Waals surface area contributed by atoms with E-state index in [-0.39, 0.29) is 0 Å². The first-order chi connectivity index (χ1) is 15.1. The Balaban J connectivity index is 1.49. The second-order valence-electron chi connectivity index (χ2n) is 8.34.